The molecule has 0 aromatic heterocycles. The Labute approximate surface area is 89.5 Å². The summed E-state index contributed by atoms with van der Waals surface area (Å²) in [7, 11) is -1.46. The molecule has 4 heteroatoms. The third-order valence-corrected chi connectivity index (χ3v) is 4.44. The van der Waals surface area contributed by atoms with Crippen LogP contribution in [0.4, 0.5) is 0 Å². The first-order valence-corrected chi connectivity index (χ1v) is 8.23. The van der Waals surface area contributed by atoms with Gasteiger partial charge in [0.2, 0.25) is 0 Å². The van der Waals surface area contributed by atoms with Crippen molar-refractivity contribution in [2.24, 2.45) is 0 Å². The van der Waals surface area contributed by atoms with Gasteiger partial charge in [0, 0.05) is 0 Å². The lowest BCUT2D eigenvalue weighted by Gasteiger charge is -2.17. The molecule has 0 heterocycles. The second kappa shape index (κ2) is 3.75. The maximum absolute atomic E-state index is 10.8. The van der Waals surface area contributed by atoms with Crippen LogP contribution in [0.1, 0.15) is 10.4 Å². The Kier molecular flexibility index (Phi) is 3.02. The minimum absolute atomic E-state index is 0.201. The lowest BCUT2D eigenvalue weighted by atomic mass is 10.2. The van der Waals surface area contributed by atoms with Gasteiger partial charge in [0.05, 0.1) is 18.7 Å². The first-order valence-electron chi connectivity index (χ1n) is 4.35. The molecule has 76 valence electrons. The molecule has 0 aliphatic carbocycles. The average molecular weight is 229 g/mol. The lowest BCUT2D eigenvalue weighted by Crippen LogP contribution is -2.37. The van der Waals surface area contributed by atoms with Gasteiger partial charge in [0.1, 0.15) is 0 Å². The Morgan fingerprint density at radius 1 is 1.36 bits per heavy atom. The van der Waals surface area contributed by atoms with Crippen molar-refractivity contribution in [1.29, 1.82) is 0 Å². The first kappa shape index (κ1) is 11.3. The number of carbonyl (C=O) groups is 1. The predicted molar refractivity (Wildman–Crippen MR) is 61.4 cm³/mol. The van der Waals surface area contributed by atoms with E-state index in [2.05, 4.69) is 19.6 Å². The summed E-state index contributed by atoms with van der Waals surface area (Å²) in [5.41, 5.74) is 0.201. The molecule has 1 rings (SSSR count). The van der Waals surface area contributed by atoms with Gasteiger partial charge in [-0.1, -0.05) is 42.5 Å². The molecule has 0 fully saturated rings. The van der Waals surface area contributed by atoms with Crippen LogP contribution in [0.5, 0.6) is 0 Å². The van der Waals surface area contributed by atoms with E-state index in [1.54, 1.807) is 12.1 Å². The van der Waals surface area contributed by atoms with Crippen molar-refractivity contribution in [3.05, 3.63) is 28.8 Å². The van der Waals surface area contributed by atoms with Crippen LogP contribution in [0.3, 0.4) is 0 Å². The van der Waals surface area contributed by atoms with Gasteiger partial charge in [0.25, 0.3) is 0 Å². The molecule has 0 unspecified atom stereocenters. The fraction of sp³-hybridized carbons (Fsp3) is 0.300. The molecule has 14 heavy (non-hydrogen) atoms. The smallest absolute Gasteiger partial charge is 0.337 e. The van der Waals surface area contributed by atoms with Crippen molar-refractivity contribution in [3.8, 4) is 0 Å². The molecule has 0 aliphatic heterocycles. The summed E-state index contributed by atoms with van der Waals surface area (Å²) >= 11 is 5.78. The molecule has 0 radical (unpaired) electrons. The molecule has 0 aliphatic rings. The van der Waals surface area contributed by atoms with Crippen LogP contribution in [0.15, 0.2) is 18.2 Å². The summed E-state index contributed by atoms with van der Waals surface area (Å²) in [6.07, 6.45) is 0. The van der Waals surface area contributed by atoms with Crippen molar-refractivity contribution >= 4 is 30.8 Å². The van der Waals surface area contributed by atoms with Crippen molar-refractivity contribution in [2.75, 3.05) is 0 Å². The lowest BCUT2D eigenvalue weighted by molar-refractivity contribution is 0.0697. The number of aromatic carboxylic acids is 1. The Hall–Kier alpha value is -0.803. The van der Waals surface area contributed by atoms with E-state index in [0.29, 0.717) is 5.02 Å². The molecule has 0 atom stereocenters. The number of carboxylic acid groups (broad SMARTS) is 1. The first-order chi connectivity index (χ1) is 6.32. The third kappa shape index (κ3) is 2.36. The highest BCUT2D eigenvalue weighted by Gasteiger charge is 2.19. The minimum Gasteiger partial charge on any atom is -0.478 e. The van der Waals surface area contributed by atoms with Gasteiger partial charge in [0.15, 0.2) is 0 Å². The average Bonchev–Trinajstić information content (AvgIpc) is 2.02. The van der Waals surface area contributed by atoms with E-state index >= 15 is 0 Å². The summed E-state index contributed by atoms with van der Waals surface area (Å²) in [4.78, 5) is 10.8. The zero-order chi connectivity index (χ0) is 10.9. The van der Waals surface area contributed by atoms with E-state index in [9.17, 15) is 4.79 Å². The second-order valence-electron chi connectivity index (χ2n) is 4.25. The van der Waals surface area contributed by atoms with E-state index < -0.39 is 14.0 Å². The quantitative estimate of drug-likeness (QED) is 0.791. The van der Waals surface area contributed by atoms with E-state index in [-0.39, 0.29) is 5.56 Å². The number of carboxylic acids is 1. The van der Waals surface area contributed by atoms with Gasteiger partial charge in [-0.15, -0.1) is 0 Å². The highest BCUT2D eigenvalue weighted by atomic mass is 35.5. The van der Waals surface area contributed by atoms with Crippen LogP contribution < -0.4 is 5.19 Å². The number of halogens is 1. The maximum atomic E-state index is 10.8. The molecule has 0 saturated heterocycles. The summed E-state index contributed by atoms with van der Waals surface area (Å²) < 4.78 is 0. The van der Waals surface area contributed by atoms with Crippen molar-refractivity contribution in [1.82, 2.24) is 0 Å². The normalized spacial score (nSPS) is 11.4. The Bertz CT molecular complexity index is 369. The summed E-state index contributed by atoms with van der Waals surface area (Å²) in [6.45, 7) is 6.51. The molecule has 0 spiro atoms. The van der Waals surface area contributed by atoms with Gasteiger partial charge in [-0.25, -0.2) is 4.79 Å². The molecule has 0 saturated carbocycles. The number of hydrogen-bond donors (Lipinski definition) is 1. The van der Waals surface area contributed by atoms with Crippen LogP contribution in [0, 0.1) is 0 Å². The van der Waals surface area contributed by atoms with Crippen molar-refractivity contribution in [3.63, 3.8) is 0 Å². The number of hydrogen-bond acceptors (Lipinski definition) is 1. The van der Waals surface area contributed by atoms with Gasteiger partial charge < -0.3 is 5.11 Å². The zero-order valence-corrected chi connectivity index (χ0v) is 10.2. The molecule has 1 aromatic rings. The number of benzene rings is 1. The van der Waals surface area contributed by atoms with Crippen molar-refractivity contribution < 1.29 is 9.90 Å². The van der Waals surface area contributed by atoms with Crippen molar-refractivity contribution in [2.45, 2.75) is 19.6 Å². The Morgan fingerprint density at radius 2 is 1.93 bits per heavy atom. The Balaban J connectivity index is 3.27. The van der Waals surface area contributed by atoms with E-state index in [0.717, 1.165) is 5.19 Å². The van der Waals surface area contributed by atoms with Gasteiger partial charge in [-0.2, -0.15) is 0 Å². The molecule has 1 N–H and O–H groups in total. The third-order valence-electron chi connectivity index (χ3n) is 2.06. The largest absolute Gasteiger partial charge is 0.478 e. The summed E-state index contributed by atoms with van der Waals surface area (Å²) in [5, 5.41) is 10.3. The standard InChI is InChI=1S/C10H13ClO2Si/c1-14(2,3)7-4-5-9(11)8(6-7)10(12)13/h4-6H,1-3H3,(H,12,13). The van der Waals surface area contributed by atoms with Crippen LogP contribution in [0.2, 0.25) is 24.7 Å². The molecular formula is C10H13ClO2Si. The minimum atomic E-state index is -1.46. The monoisotopic (exact) mass is 228 g/mol. The predicted octanol–water partition coefficient (Wildman–Crippen LogP) is 2.58. The van der Waals surface area contributed by atoms with E-state index in [4.69, 9.17) is 16.7 Å². The SMILES string of the molecule is C[Si](C)(C)c1ccc(Cl)c(C(=O)O)c1. The summed E-state index contributed by atoms with van der Waals surface area (Å²) in [6, 6.07) is 5.27. The van der Waals surface area contributed by atoms with Gasteiger partial charge in [-0.3, -0.25) is 0 Å². The molecular weight excluding hydrogens is 216 g/mol. The van der Waals surface area contributed by atoms with Crippen LogP contribution in [0.25, 0.3) is 0 Å². The Morgan fingerprint density at radius 3 is 2.36 bits per heavy atom. The van der Waals surface area contributed by atoms with Crippen LogP contribution in [-0.4, -0.2) is 19.1 Å². The van der Waals surface area contributed by atoms with Crippen LogP contribution >= 0.6 is 11.6 Å². The second-order valence-corrected chi connectivity index (χ2v) is 9.73. The highest BCUT2D eigenvalue weighted by molar-refractivity contribution is 6.88. The molecule has 0 amide bonds. The van der Waals surface area contributed by atoms with Crippen LogP contribution in [-0.2, 0) is 0 Å². The zero-order valence-electron chi connectivity index (χ0n) is 8.47. The van der Waals surface area contributed by atoms with Gasteiger partial charge >= 0.3 is 5.97 Å². The number of rotatable bonds is 2. The van der Waals surface area contributed by atoms with E-state index in [1.807, 2.05) is 6.07 Å². The van der Waals surface area contributed by atoms with E-state index in [1.165, 1.54) is 0 Å². The fourth-order valence-electron chi connectivity index (χ4n) is 1.16. The summed E-state index contributed by atoms with van der Waals surface area (Å²) in [5.74, 6) is -0.963. The van der Waals surface area contributed by atoms with Gasteiger partial charge in [-0.05, 0) is 12.1 Å². The molecule has 1 aromatic carbocycles. The maximum Gasteiger partial charge on any atom is 0.337 e. The highest BCUT2D eigenvalue weighted by Crippen LogP contribution is 2.15. The topological polar surface area (TPSA) is 37.3 Å². The molecule has 0 bridgehead atoms. The molecule has 2 nitrogen and oxygen atoms in total. The fourth-order valence-corrected chi connectivity index (χ4v) is 2.51.